The molecule has 18 heavy (non-hydrogen) atoms. The summed E-state index contributed by atoms with van der Waals surface area (Å²) in [5.74, 6) is 0.674. The zero-order chi connectivity index (χ0) is 13.0. The van der Waals surface area contributed by atoms with Gasteiger partial charge in [-0.25, -0.2) is 0 Å². The normalized spacial score (nSPS) is 18.1. The highest BCUT2D eigenvalue weighted by Crippen LogP contribution is 2.27. The van der Waals surface area contributed by atoms with Crippen LogP contribution in [0.5, 0.6) is 5.75 Å². The Morgan fingerprint density at radius 2 is 2.06 bits per heavy atom. The third-order valence-corrected chi connectivity index (χ3v) is 3.89. The second-order valence-corrected chi connectivity index (χ2v) is 5.45. The smallest absolute Gasteiger partial charge is 0.120 e. The maximum absolute atomic E-state index is 10.00. The Morgan fingerprint density at radius 1 is 1.33 bits per heavy atom. The van der Waals surface area contributed by atoms with Crippen LogP contribution in [0.2, 0.25) is 5.02 Å². The van der Waals surface area contributed by atoms with Crippen LogP contribution in [0.4, 0.5) is 0 Å². The largest absolute Gasteiger partial charge is 0.508 e. The number of aliphatic hydroxyl groups excluding tert-OH is 1. The molecule has 1 fully saturated rings. The number of phenolic OH excluding ortho intramolecular Hbond substituents is 1. The van der Waals surface area contributed by atoms with E-state index in [-0.39, 0.29) is 11.9 Å². The molecule has 2 rings (SSSR count). The second-order valence-electron chi connectivity index (χ2n) is 5.02. The molecule has 0 heterocycles. The summed E-state index contributed by atoms with van der Waals surface area (Å²) in [7, 11) is 0. The minimum atomic E-state index is -0.283. The van der Waals surface area contributed by atoms with E-state index in [2.05, 4.69) is 5.32 Å². The van der Waals surface area contributed by atoms with Gasteiger partial charge in [-0.05, 0) is 37.0 Å². The molecule has 1 unspecified atom stereocenters. The van der Waals surface area contributed by atoms with E-state index in [4.69, 9.17) is 11.6 Å². The predicted octanol–water partition coefficient (Wildman–Crippen LogP) is 2.69. The summed E-state index contributed by atoms with van der Waals surface area (Å²) in [6.45, 7) is 1.09. The highest BCUT2D eigenvalue weighted by molar-refractivity contribution is 6.30. The van der Waals surface area contributed by atoms with Gasteiger partial charge in [0, 0.05) is 23.7 Å². The topological polar surface area (TPSA) is 52.5 Å². The first-order valence-corrected chi connectivity index (χ1v) is 6.91. The number of hydrogen-bond donors (Lipinski definition) is 3. The molecule has 1 aliphatic carbocycles. The van der Waals surface area contributed by atoms with Crippen LogP contribution in [0.1, 0.15) is 31.2 Å². The standard InChI is InChI=1S/C14H20ClNO2/c15-12-5-6-13(17)11(7-12)8-16-9-14(18)10-3-1-2-4-10/h5-7,10,14,16-18H,1-4,8-9H2. The molecular weight excluding hydrogens is 250 g/mol. The Morgan fingerprint density at radius 3 is 2.78 bits per heavy atom. The summed E-state index contributed by atoms with van der Waals surface area (Å²) in [5.41, 5.74) is 0.765. The number of aromatic hydroxyl groups is 1. The van der Waals surface area contributed by atoms with Gasteiger partial charge in [0.2, 0.25) is 0 Å². The third-order valence-electron chi connectivity index (χ3n) is 3.65. The van der Waals surface area contributed by atoms with Gasteiger partial charge in [0.1, 0.15) is 5.75 Å². The molecule has 1 aromatic rings. The number of nitrogens with one attached hydrogen (secondary N) is 1. The quantitative estimate of drug-likeness (QED) is 0.770. The van der Waals surface area contributed by atoms with Crippen LogP contribution < -0.4 is 5.32 Å². The molecule has 0 amide bonds. The molecule has 1 aromatic carbocycles. The summed E-state index contributed by atoms with van der Waals surface area (Å²) >= 11 is 5.87. The van der Waals surface area contributed by atoms with E-state index in [1.807, 2.05) is 0 Å². The van der Waals surface area contributed by atoms with Crippen molar-refractivity contribution in [2.75, 3.05) is 6.54 Å². The highest BCUT2D eigenvalue weighted by atomic mass is 35.5. The molecule has 0 saturated heterocycles. The molecule has 0 radical (unpaired) electrons. The van der Waals surface area contributed by atoms with Crippen LogP contribution in [0.3, 0.4) is 0 Å². The van der Waals surface area contributed by atoms with E-state index >= 15 is 0 Å². The van der Waals surface area contributed by atoms with E-state index in [1.165, 1.54) is 12.8 Å². The summed E-state index contributed by atoms with van der Waals surface area (Å²) in [6, 6.07) is 4.99. The van der Waals surface area contributed by atoms with Crippen LogP contribution in [-0.4, -0.2) is 22.9 Å². The van der Waals surface area contributed by atoms with Crippen molar-refractivity contribution in [1.29, 1.82) is 0 Å². The summed E-state index contributed by atoms with van der Waals surface area (Å²) in [4.78, 5) is 0. The Hall–Kier alpha value is -0.770. The lowest BCUT2D eigenvalue weighted by atomic mass is 10.0. The van der Waals surface area contributed by atoms with Crippen LogP contribution in [0.25, 0.3) is 0 Å². The molecule has 3 N–H and O–H groups in total. The molecule has 0 aromatic heterocycles. The van der Waals surface area contributed by atoms with Crippen molar-refractivity contribution >= 4 is 11.6 Å². The predicted molar refractivity (Wildman–Crippen MR) is 72.8 cm³/mol. The molecule has 100 valence electrons. The van der Waals surface area contributed by atoms with Crippen molar-refractivity contribution in [2.24, 2.45) is 5.92 Å². The van der Waals surface area contributed by atoms with E-state index < -0.39 is 0 Å². The minimum absolute atomic E-state index is 0.238. The number of benzene rings is 1. The third kappa shape index (κ3) is 3.61. The molecule has 4 heteroatoms. The average Bonchev–Trinajstić information content (AvgIpc) is 2.87. The Labute approximate surface area is 113 Å². The summed E-state index contributed by atoms with van der Waals surface area (Å²) < 4.78 is 0. The van der Waals surface area contributed by atoms with Gasteiger partial charge in [-0.1, -0.05) is 24.4 Å². The molecule has 1 atom stereocenters. The van der Waals surface area contributed by atoms with E-state index in [0.717, 1.165) is 18.4 Å². The zero-order valence-corrected chi connectivity index (χ0v) is 11.2. The number of rotatable bonds is 5. The number of halogens is 1. The SMILES string of the molecule is Oc1ccc(Cl)cc1CNCC(O)C1CCCC1. The van der Waals surface area contributed by atoms with Crippen molar-refractivity contribution in [3.63, 3.8) is 0 Å². The van der Waals surface area contributed by atoms with Crippen LogP contribution in [-0.2, 0) is 6.54 Å². The Balaban J connectivity index is 1.79. The fourth-order valence-corrected chi connectivity index (χ4v) is 2.75. The second kappa shape index (κ2) is 6.41. The van der Waals surface area contributed by atoms with Crippen molar-refractivity contribution in [3.05, 3.63) is 28.8 Å². The molecule has 1 saturated carbocycles. The monoisotopic (exact) mass is 269 g/mol. The first-order valence-electron chi connectivity index (χ1n) is 6.53. The summed E-state index contributed by atoms with van der Waals surface area (Å²) in [5, 5.41) is 23.4. The fourth-order valence-electron chi connectivity index (χ4n) is 2.56. The molecular formula is C14H20ClNO2. The van der Waals surface area contributed by atoms with Crippen molar-refractivity contribution in [2.45, 2.75) is 38.3 Å². The van der Waals surface area contributed by atoms with Gasteiger partial charge in [-0.15, -0.1) is 0 Å². The van der Waals surface area contributed by atoms with Gasteiger partial charge in [0.05, 0.1) is 6.10 Å². The van der Waals surface area contributed by atoms with Gasteiger partial charge in [0.15, 0.2) is 0 Å². The van der Waals surface area contributed by atoms with E-state index in [0.29, 0.717) is 24.0 Å². The maximum Gasteiger partial charge on any atom is 0.120 e. The van der Waals surface area contributed by atoms with Crippen molar-refractivity contribution in [3.8, 4) is 5.75 Å². The molecule has 0 bridgehead atoms. The molecule has 0 aliphatic heterocycles. The van der Waals surface area contributed by atoms with E-state index in [1.54, 1.807) is 18.2 Å². The molecule has 3 nitrogen and oxygen atoms in total. The lowest BCUT2D eigenvalue weighted by Crippen LogP contribution is -2.31. The van der Waals surface area contributed by atoms with Crippen LogP contribution in [0, 0.1) is 5.92 Å². The first kappa shape index (κ1) is 13.7. The van der Waals surface area contributed by atoms with Gasteiger partial charge >= 0.3 is 0 Å². The number of phenols is 1. The van der Waals surface area contributed by atoms with Gasteiger partial charge < -0.3 is 15.5 Å². The zero-order valence-electron chi connectivity index (χ0n) is 10.4. The van der Waals surface area contributed by atoms with Gasteiger partial charge in [0.25, 0.3) is 0 Å². The summed E-state index contributed by atoms with van der Waals surface area (Å²) in [6.07, 6.45) is 4.44. The van der Waals surface area contributed by atoms with E-state index in [9.17, 15) is 10.2 Å². The van der Waals surface area contributed by atoms with Crippen molar-refractivity contribution in [1.82, 2.24) is 5.32 Å². The van der Waals surface area contributed by atoms with Crippen molar-refractivity contribution < 1.29 is 10.2 Å². The van der Waals surface area contributed by atoms with Crippen LogP contribution >= 0.6 is 11.6 Å². The first-order chi connectivity index (χ1) is 8.66. The lowest BCUT2D eigenvalue weighted by molar-refractivity contribution is 0.109. The average molecular weight is 270 g/mol. The number of aliphatic hydroxyl groups is 1. The highest BCUT2D eigenvalue weighted by Gasteiger charge is 2.22. The van der Waals surface area contributed by atoms with Crippen LogP contribution in [0.15, 0.2) is 18.2 Å². The number of hydrogen-bond acceptors (Lipinski definition) is 3. The minimum Gasteiger partial charge on any atom is -0.508 e. The maximum atomic E-state index is 10.00. The van der Waals surface area contributed by atoms with Gasteiger partial charge in [-0.3, -0.25) is 0 Å². The Kier molecular flexibility index (Phi) is 4.87. The molecule has 0 spiro atoms. The fraction of sp³-hybridized carbons (Fsp3) is 0.571. The van der Waals surface area contributed by atoms with Gasteiger partial charge in [-0.2, -0.15) is 0 Å². The molecule has 1 aliphatic rings. The Bertz CT molecular complexity index is 391. The lowest BCUT2D eigenvalue weighted by Gasteiger charge is -2.18.